The summed E-state index contributed by atoms with van der Waals surface area (Å²) in [7, 11) is 0. The van der Waals surface area contributed by atoms with E-state index in [0.717, 1.165) is 11.5 Å². The van der Waals surface area contributed by atoms with Crippen molar-refractivity contribution >= 4 is 22.6 Å². The number of rotatable bonds is 3. The molecule has 1 amide bonds. The van der Waals surface area contributed by atoms with E-state index in [0.29, 0.717) is 22.5 Å². The molecule has 0 aliphatic carbocycles. The molecule has 2 aromatic carbocycles. The van der Waals surface area contributed by atoms with Gasteiger partial charge in [0.2, 0.25) is 5.91 Å². The molecule has 118 valence electrons. The Hall–Kier alpha value is -2.76. The molecule has 4 nitrogen and oxygen atoms in total. The molecule has 23 heavy (non-hydrogen) atoms. The Morgan fingerprint density at radius 2 is 1.96 bits per heavy atom. The number of benzene rings is 2. The monoisotopic (exact) mass is 315 g/mol. The van der Waals surface area contributed by atoms with Crippen LogP contribution < -0.4 is 5.32 Å². The summed E-state index contributed by atoms with van der Waals surface area (Å²) >= 11 is 0. The number of hydrogen-bond donors (Lipinski definition) is 2. The number of nitrogens with one attached hydrogen (secondary N) is 2. The van der Waals surface area contributed by atoms with Gasteiger partial charge in [-0.25, -0.2) is 8.78 Å². The highest BCUT2D eigenvalue weighted by molar-refractivity contribution is 6.01. The molecule has 2 N–H and O–H groups in total. The second-order valence-electron chi connectivity index (χ2n) is 5.60. The molecular weight excluding hydrogens is 300 g/mol. The first kappa shape index (κ1) is 15.1. The Labute approximate surface area is 131 Å². The Morgan fingerprint density at radius 3 is 2.65 bits per heavy atom. The first-order valence-corrected chi connectivity index (χ1v) is 7.20. The van der Waals surface area contributed by atoms with Crippen LogP contribution in [0.4, 0.5) is 14.6 Å². The first-order chi connectivity index (χ1) is 11.0. The van der Waals surface area contributed by atoms with Crippen molar-refractivity contribution < 1.29 is 13.6 Å². The van der Waals surface area contributed by atoms with Crippen molar-refractivity contribution in [2.75, 3.05) is 5.32 Å². The van der Waals surface area contributed by atoms with E-state index in [4.69, 9.17) is 0 Å². The van der Waals surface area contributed by atoms with E-state index in [9.17, 15) is 13.6 Å². The van der Waals surface area contributed by atoms with Crippen molar-refractivity contribution in [1.29, 1.82) is 0 Å². The van der Waals surface area contributed by atoms with Gasteiger partial charge < -0.3 is 5.32 Å². The van der Waals surface area contributed by atoms with Gasteiger partial charge in [0.1, 0.15) is 11.6 Å². The van der Waals surface area contributed by atoms with Crippen LogP contribution in [-0.2, 0) is 4.79 Å². The number of fused-ring (bicyclic) bond motifs is 1. The highest BCUT2D eigenvalue weighted by atomic mass is 19.1. The molecule has 1 heterocycles. The molecule has 3 rings (SSSR count). The van der Waals surface area contributed by atoms with Gasteiger partial charge in [0.25, 0.3) is 0 Å². The van der Waals surface area contributed by atoms with Crippen LogP contribution in [0.3, 0.4) is 0 Å². The van der Waals surface area contributed by atoms with Crippen molar-refractivity contribution in [1.82, 2.24) is 10.2 Å². The number of amides is 1. The summed E-state index contributed by atoms with van der Waals surface area (Å²) in [6.45, 7) is 3.58. The molecule has 0 saturated heterocycles. The van der Waals surface area contributed by atoms with E-state index in [2.05, 4.69) is 15.5 Å². The number of halogens is 2. The molecule has 6 heteroatoms. The van der Waals surface area contributed by atoms with Gasteiger partial charge in [0.05, 0.1) is 5.52 Å². The smallest absolute Gasteiger partial charge is 0.228 e. The van der Waals surface area contributed by atoms with E-state index in [1.807, 2.05) is 0 Å². The fraction of sp³-hybridized carbons (Fsp3) is 0.176. The highest BCUT2D eigenvalue weighted by Gasteiger charge is 2.13. The van der Waals surface area contributed by atoms with Crippen molar-refractivity contribution in [3.63, 3.8) is 0 Å². The van der Waals surface area contributed by atoms with Gasteiger partial charge in [-0.3, -0.25) is 9.89 Å². The number of carbonyl (C=O) groups is 1. The zero-order valence-electron chi connectivity index (χ0n) is 12.7. The summed E-state index contributed by atoms with van der Waals surface area (Å²) in [6.07, 6.45) is 0. The van der Waals surface area contributed by atoms with Crippen LogP contribution >= 0.6 is 0 Å². The summed E-state index contributed by atoms with van der Waals surface area (Å²) < 4.78 is 26.9. The zero-order valence-corrected chi connectivity index (χ0v) is 12.7. The van der Waals surface area contributed by atoms with Crippen LogP contribution in [0, 0.1) is 17.6 Å². The number of carbonyl (C=O) groups excluding carboxylic acids is 1. The van der Waals surface area contributed by atoms with Gasteiger partial charge in [-0.15, -0.1) is 0 Å². The quantitative estimate of drug-likeness (QED) is 0.764. The molecule has 3 aromatic rings. The minimum atomic E-state index is -0.628. The Bertz CT molecular complexity index is 887. The standard InChI is InChI=1S/C17H15F2N3O/c1-9(2)17(23)20-16-13-5-3-10(7-15(13)21-22-16)12-6-4-11(18)8-14(12)19/h3-9H,1-2H3,(H2,20,21,22,23). The van der Waals surface area contributed by atoms with Gasteiger partial charge in [0.15, 0.2) is 5.82 Å². The number of aromatic nitrogens is 2. The second kappa shape index (κ2) is 5.79. The molecule has 0 saturated carbocycles. The maximum absolute atomic E-state index is 13.9. The van der Waals surface area contributed by atoms with E-state index >= 15 is 0 Å². The SMILES string of the molecule is CC(C)C(=O)Nc1n[nH]c2cc(-c3ccc(F)cc3F)ccc12. The topological polar surface area (TPSA) is 57.8 Å². The lowest BCUT2D eigenvalue weighted by Crippen LogP contribution is -2.18. The number of nitrogens with zero attached hydrogens (tertiary/aromatic N) is 1. The lowest BCUT2D eigenvalue weighted by atomic mass is 10.0. The van der Waals surface area contributed by atoms with Crippen molar-refractivity contribution in [3.05, 3.63) is 48.0 Å². The molecule has 0 bridgehead atoms. The van der Waals surface area contributed by atoms with Crippen molar-refractivity contribution in [2.24, 2.45) is 5.92 Å². The zero-order chi connectivity index (χ0) is 16.6. The predicted octanol–water partition coefficient (Wildman–Crippen LogP) is 4.10. The van der Waals surface area contributed by atoms with E-state index in [1.165, 1.54) is 12.1 Å². The molecule has 0 spiro atoms. The maximum atomic E-state index is 13.9. The van der Waals surface area contributed by atoms with Gasteiger partial charge in [0, 0.05) is 22.9 Å². The molecule has 1 aromatic heterocycles. The van der Waals surface area contributed by atoms with Crippen LogP contribution in [0.15, 0.2) is 36.4 Å². The maximum Gasteiger partial charge on any atom is 0.228 e. The number of hydrogen-bond acceptors (Lipinski definition) is 2. The van der Waals surface area contributed by atoms with Crippen LogP contribution in [-0.4, -0.2) is 16.1 Å². The minimum Gasteiger partial charge on any atom is -0.308 e. The van der Waals surface area contributed by atoms with Crippen LogP contribution in [0.25, 0.3) is 22.0 Å². The van der Waals surface area contributed by atoms with E-state index in [-0.39, 0.29) is 11.8 Å². The Morgan fingerprint density at radius 1 is 1.17 bits per heavy atom. The van der Waals surface area contributed by atoms with Crippen molar-refractivity contribution in [2.45, 2.75) is 13.8 Å². The highest BCUT2D eigenvalue weighted by Crippen LogP contribution is 2.29. The lowest BCUT2D eigenvalue weighted by molar-refractivity contribution is -0.118. The van der Waals surface area contributed by atoms with Gasteiger partial charge in [-0.1, -0.05) is 19.9 Å². The van der Waals surface area contributed by atoms with E-state index < -0.39 is 11.6 Å². The third kappa shape index (κ3) is 2.92. The summed E-state index contributed by atoms with van der Waals surface area (Å²) in [5, 5.41) is 10.4. The van der Waals surface area contributed by atoms with Crippen LogP contribution in [0.1, 0.15) is 13.8 Å². The first-order valence-electron chi connectivity index (χ1n) is 7.20. The second-order valence-corrected chi connectivity index (χ2v) is 5.60. The molecule has 0 fully saturated rings. The molecular formula is C17H15F2N3O. The summed E-state index contributed by atoms with van der Waals surface area (Å²) in [5.41, 5.74) is 1.56. The lowest BCUT2D eigenvalue weighted by Gasteiger charge is -2.06. The van der Waals surface area contributed by atoms with Gasteiger partial charge in [-0.2, -0.15) is 5.10 Å². The van der Waals surface area contributed by atoms with Crippen LogP contribution in [0.5, 0.6) is 0 Å². The van der Waals surface area contributed by atoms with Gasteiger partial charge in [-0.05, 0) is 29.8 Å². The number of aromatic amines is 1. The van der Waals surface area contributed by atoms with Crippen LogP contribution in [0.2, 0.25) is 0 Å². The normalized spacial score (nSPS) is 11.2. The Kier molecular flexibility index (Phi) is 3.82. The minimum absolute atomic E-state index is 0.132. The van der Waals surface area contributed by atoms with E-state index in [1.54, 1.807) is 32.0 Å². The summed E-state index contributed by atoms with van der Waals surface area (Å²) in [5.74, 6) is -1.10. The molecule has 0 radical (unpaired) electrons. The fourth-order valence-corrected chi connectivity index (χ4v) is 2.27. The largest absolute Gasteiger partial charge is 0.308 e. The molecule has 0 aliphatic heterocycles. The number of anilines is 1. The summed E-state index contributed by atoms with van der Waals surface area (Å²) in [6, 6.07) is 8.62. The van der Waals surface area contributed by atoms with Gasteiger partial charge >= 0.3 is 0 Å². The predicted molar refractivity (Wildman–Crippen MR) is 84.9 cm³/mol. The average Bonchev–Trinajstić information content (AvgIpc) is 2.89. The average molecular weight is 315 g/mol. The molecule has 0 atom stereocenters. The third-order valence-corrected chi connectivity index (χ3v) is 3.57. The summed E-state index contributed by atoms with van der Waals surface area (Å²) in [4.78, 5) is 11.8. The number of H-pyrrole nitrogens is 1. The Balaban J connectivity index is 1.99. The third-order valence-electron chi connectivity index (χ3n) is 3.57. The van der Waals surface area contributed by atoms with Crippen molar-refractivity contribution in [3.8, 4) is 11.1 Å². The fourth-order valence-electron chi connectivity index (χ4n) is 2.27. The molecule has 0 aliphatic rings. The molecule has 0 unspecified atom stereocenters.